The van der Waals surface area contributed by atoms with Crippen LogP contribution in [-0.2, 0) is 6.54 Å². The van der Waals surface area contributed by atoms with E-state index in [2.05, 4.69) is 10.6 Å². The number of benzene rings is 1. The van der Waals surface area contributed by atoms with Gasteiger partial charge in [-0.05, 0) is 23.8 Å². The number of fused-ring (bicyclic) bond motifs is 1. The molecule has 0 saturated heterocycles. The van der Waals surface area contributed by atoms with Gasteiger partial charge < -0.3 is 10.6 Å². The summed E-state index contributed by atoms with van der Waals surface area (Å²) in [5, 5.41) is 6.53. The second-order valence-electron chi connectivity index (χ2n) is 2.81. The van der Waals surface area contributed by atoms with Gasteiger partial charge in [-0.2, -0.15) is 0 Å². The fourth-order valence-corrected chi connectivity index (χ4v) is 1.53. The molecule has 0 unspecified atom stereocenters. The number of carbonyl (C=O) groups is 1. The molecule has 1 aliphatic rings. The molecule has 0 fully saturated rings. The number of thiocarbonyl (C=S) groups is 1. The van der Waals surface area contributed by atoms with E-state index in [0.717, 1.165) is 17.5 Å². The van der Waals surface area contributed by atoms with Crippen molar-refractivity contribution in [2.75, 3.05) is 5.32 Å². The summed E-state index contributed by atoms with van der Waals surface area (Å²) in [4.78, 5) is 10.7. The molecular weight excluding hydrogens is 184 g/mol. The van der Waals surface area contributed by atoms with Crippen LogP contribution in [0.2, 0.25) is 0 Å². The molecule has 66 valence electrons. The van der Waals surface area contributed by atoms with E-state index in [1.54, 1.807) is 6.07 Å². The maximum Gasteiger partial charge on any atom is 0.171 e. The summed E-state index contributed by atoms with van der Waals surface area (Å²) >= 11 is 4.95. The number of para-hydroxylation sites is 1. The predicted octanol–water partition coefficient (Wildman–Crippen LogP) is 1.30. The van der Waals surface area contributed by atoms with Gasteiger partial charge in [-0.25, -0.2) is 0 Å². The Bertz CT molecular complexity index is 376. The molecule has 13 heavy (non-hydrogen) atoms. The van der Waals surface area contributed by atoms with E-state index >= 15 is 0 Å². The van der Waals surface area contributed by atoms with Crippen LogP contribution in [0.5, 0.6) is 0 Å². The van der Waals surface area contributed by atoms with Crippen LogP contribution in [0.3, 0.4) is 0 Å². The monoisotopic (exact) mass is 192 g/mol. The molecule has 1 aromatic rings. The standard InChI is InChI=1S/C9H8N2OS/c12-5-7-3-1-2-6-4-10-9(13)11-8(6)7/h1-3,5H,4H2,(H2,10,11,13). The van der Waals surface area contributed by atoms with Crippen LogP contribution < -0.4 is 10.6 Å². The van der Waals surface area contributed by atoms with E-state index in [1.165, 1.54) is 0 Å². The van der Waals surface area contributed by atoms with E-state index in [4.69, 9.17) is 12.2 Å². The van der Waals surface area contributed by atoms with Crippen LogP contribution in [0.4, 0.5) is 5.69 Å². The number of nitrogens with one attached hydrogen (secondary N) is 2. The van der Waals surface area contributed by atoms with Gasteiger partial charge in [0.1, 0.15) is 0 Å². The lowest BCUT2D eigenvalue weighted by atomic mass is 10.1. The normalized spacial score (nSPS) is 14.0. The molecule has 0 aliphatic carbocycles. The summed E-state index contributed by atoms with van der Waals surface area (Å²) < 4.78 is 0. The Morgan fingerprint density at radius 1 is 1.46 bits per heavy atom. The third-order valence-corrected chi connectivity index (χ3v) is 2.23. The van der Waals surface area contributed by atoms with Crippen molar-refractivity contribution in [1.29, 1.82) is 0 Å². The van der Waals surface area contributed by atoms with E-state index in [9.17, 15) is 4.79 Å². The molecule has 0 aromatic heterocycles. The minimum Gasteiger partial charge on any atom is -0.358 e. The molecule has 0 saturated carbocycles. The summed E-state index contributed by atoms with van der Waals surface area (Å²) in [5.74, 6) is 0. The highest BCUT2D eigenvalue weighted by Crippen LogP contribution is 2.22. The van der Waals surface area contributed by atoms with Gasteiger partial charge in [0.25, 0.3) is 0 Å². The summed E-state index contributed by atoms with van der Waals surface area (Å²) in [6.07, 6.45) is 0.833. The highest BCUT2D eigenvalue weighted by Gasteiger charge is 2.13. The van der Waals surface area contributed by atoms with Crippen LogP contribution in [0.1, 0.15) is 15.9 Å². The largest absolute Gasteiger partial charge is 0.358 e. The zero-order valence-electron chi connectivity index (χ0n) is 6.83. The average molecular weight is 192 g/mol. The van der Waals surface area contributed by atoms with Crippen molar-refractivity contribution < 1.29 is 4.79 Å². The number of hydrogen-bond acceptors (Lipinski definition) is 2. The van der Waals surface area contributed by atoms with Crippen LogP contribution >= 0.6 is 12.2 Å². The molecular formula is C9H8N2OS. The average Bonchev–Trinajstić information content (AvgIpc) is 2.17. The van der Waals surface area contributed by atoms with Crippen LogP contribution in [0.15, 0.2) is 18.2 Å². The van der Waals surface area contributed by atoms with Crippen molar-refractivity contribution in [1.82, 2.24) is 5.32 Å². The van der Waals surface area contributed by atoms with Gasteiger partial charge in [0, 0.05) is 12.1 Å². The Kier molecular flexibility index (Phi) is 1.98. The quantitative estimate of drug-likeness (QED) is 0.520. The van der Waals surface area contributed by atoms with Crippen molar-refractivity contribution in [3.63, 3.8) is 0 Å². The van der Waals surface area contributed by atoms with E-state index in [1.807, 2.05) is 12.1 Å². The van der Waals surface area contributed by atoms with E-state index < -0.39 is 0 Å². The third kappa shape index (κ3) is 1.40. The molecule has 4 heteroatoms. The maximum atomic E-state index is 10.7. The molecule has 2 N–H and O–H groups in total. The second-order valence-corrected chi connectivity index (χ2v) is 3.22. The first-order chi connectivity index (χ1) is 6.31. The number of carbonyl (C=O) groups excluding carboxylic acids is 1. The second kappa shape index (κ2) is 3.14. The van der Waals surface area contributed by atoms with Crippen molar-refractivity contribution in [3.05, 3.63) is 29.3 Å². The van der Waals surface area contributed by atoms with Crippen LogP contribution in [-0.4, -0.2) is 11.4 Å². The molecule has 2 rings (SSSR count). The Labute approximate surface area is 81.1 Å². The highest BCUT2D eigenvalue weighted by molar-refractivity contribution is 7.80. The molecule has 0 spiro atoms. The molecule has 3 nitrogen and oxygen atoms in total. The minimum absolute atomic E-state index is 0.571. The molecule has 0 atom stereocenters. The van der Waals surface area contributed by atoms with E-state index in [0.29, 0.717) is 17.2 Å². The van der Waals surface area contributed by atoms with Gasteiger partial charge in [-0.1, -0.05) is 12.1 Å². The lowest BCUT2D eigenvalue weighted by molar-refractivity contribution is 0.112. The molecule has 0 amide bonds. The fourth-order valence-electron chi connectivity index (χ4n) is 1.35. The summed E-state index contributed by atoms with van der Waals surface area (Å²) in [5.41, 5.74) is 2.56. The zero-order chi connectivity index (χ0) is 9.26. The summed E-state index contributed by atoms with van der Waals surface area (Å²) in [6, 6.07) is 5.59. The Morgan fingerprint density at radius 2 is 2.31 bits per heavy atom. The minimum atomic E-state index is 0.571. The van der Waals surface area contributed by atoms with Crippen LogP contribution in [0.25, 0.3) is 0 Å². The van der Waals surface area contributed by atoms with Gasteiger partial charge in [0.2, 0.25) is 0 Å². The lowest BCUT2D eigenvalue weighted by Gasteiger charge is -2.21. The Hall–Kier alpha value is -1.42. The van der Waals surface area contributed by atoms with E-state index in [-0.39, 0.29) is 0 Å². The Morgan fingerprint density at radius 3 is 3.08 bits per heavy atom. The first kappa shape index (κ1) is 8.19. The molecule has 1 aliphatic heterocycles. The third-order valence-electron chi connectivity index (χ3n) is 1.99. The number of aldehydes is 1. The van der Waals surface area contributed by atoms with Gasteiger partial charge in [0.15, 0.2) is 11.4 Å². The zero-order valence-corrected chi connectivity index (χ0v) is 7.65. The summed E-state index contributed by atoms with van der Waals surface area (Å²) in [7, 11) is 0. The predicted molar refractivity (Wildman–Crippen MR) is 54.9 cm³/mol. The fraction of sp³-hybridized carbons (Fsp3) is 0.111. The van der Waals surface area contributed by atoms with Crippen molar-refractivity contribution in [3.8, 4) is 0 Å². The van der Waals surface area contributed by atoms with Gasteiger partial charge >= 0.3 is 0 Å². The van der Waals surface area contributed by atoms with Crippen molar-refractivity contribution >= 4 is 29.3 Å². The topological polar surface area (TPSA) is 41.1 Å². The number of anilines is 1. The molecule has 1 heterocycles. The Balaban J connectivity index is 2.52. The lowest BCUT2D eigenvalue weighted by Crippen LogP contribution is -2.33. The maximum absolute atomic E-state index is 10.7. The van der Waals surface area contributed by atoms with Gasteiger partial charge in [0.05, 0.1) is 5.69 Å². The first-order valence-corrected chi connectivity index (χ1v) is 4.34. The van der Waals surface area contributed by atoms with Gasteiger partial charge in [-0.15, -0.1) is 0 Å². The van der Waals surface area contributed by atoms with Gasteiger partial charge in [-0.3, -0.25) is 4.79 Å². The smallest absolute Gasteiger partial charge is 0.171 e. The molecule has 0 bridgehead atoms. The molecule has 1 aromatic carbocycles. The van der Waals surface area contributed by atoms with Crippen molar-refractivity contribution in [2.45, 2.75) is 6.54 Å². The molecule has 0 radical (unpaired) electrons. The van der Waals surface area contributed by atoms with Crippen molar-refractivity contribution in [2.24, 2.45) is 0 Å². The SMILES string of the molecule is O=Cc1cccc2c1NC(=S)NC2. The summed E-state index contributed by atoms with van der Waals surface area (Å²) in [6.45, 7) is 0.683. The number of hydrogen-bond donors (Lipinski definition) is 2. The highest BCUT2D eigenvalue weighted by atomic mass is 32.1. The number of rotatable bonds is 1. The van der Waals surface area contributed by atoms with Crippen LogP contribution in [0, 0.1) is 0 Å². The first-order valence-electron chi connectivity index (χ1n) is 3.93.